The molecule has 1 aliphatic heterocycles. The molecule has 1 aliphatic rings. The minimum absolute atomic E-state index is 0.0614. The van der Waals surface area contributed by atoms with Gasteiger partial charge in [0, 0.05) is 31.4 Å². The molecule has 0 aliphatic carbocycles. The van der Waals surface area contributed by atoms with Gasteiger partial charge in [0.1, 0.15) is 6.07 Å². The molecule has 8 heteroatoms. The van der Waals surface area contributed by atoms with Crippen molar-refractivity contribution in [1.29, 1.82) is 5.26 Å². The molecule has 2 aromatic rings. The van der Waals surface area contributed by atoms with Crippen molar-refractivity contribution in [3.8, 4) is 17.6 Å². The van der Waals surface area contributed by atoms with Gasteiger partial charge in [-0.05, 0) is 42.5 Å². The number of nitrogens with zero attached hydrogens (tertiary/aromatic N) is 3. The number of hydrogen-bond acceptors (Lipinski definition) is 5. The van der Waals surface area contributed by atoms with Crippen molar-refractivity contribution >= 4 is 29.1 Å². The van der Waals surface area contributed by atoms with Gasteiger partial charge in [-0.15, -0.1) is 0 Å². The lowest BCUT2D eigenvalue weighted by molar-refractivity contribution is -0.132. The third-order valence-corrected chi connectivity index (χ3v) is 5.82. The minimum Gasteiger partial charge on any atom is -0.491 e. The van der Waals surface area contributed by atoms with Crippen molar-refractivity contribution in [3.63, 3.8) is 0 Å². The number of aryl methyl sites for hydroxylation is 1. The maximum atomic E-state index is 12.7. The lowest BCUT2D eigenvalue weighted by Gasteiger charge is -2.31. The van der Waals surface area contributed by atoms with Crippen LogP contribution in [0.1, 0.15) is 35.2 Å². The van der Waals surface area contributed by atoms with Crippen LogP contribution in [0.5, 0.6) is 11.5 Å². The number of carbonyl (C=O) groups excluding carboxylic acids is 1. The lowest BCUT2D eigenvalue weighted by atomic mass is 9.97. The fourth-order valence-electron chi connectivity index (χ4n) is 3.48. The van der Waals surface area contributed by atoms with E-state index >= 15 is 0 Å². The molecule has 3 rings (SSSR count). The Balaban J connectivity index is 1.66. The number of fused-ring (bicyclic) bond motifs is 1. The highest BCUT2D eigenvalue weighted by molar-refractivity contribution is 6.37. The van der Waals surface area contributed by atoms with Crippen molar-refractivity contribution in [3.05, 3.63) is 50.8 Å². The Morgan fingerprint density at radius 3 is 2.48 bits per heavy atom. The Morgan fingerprint density at radius 1 is 1.21 bits per heavy atom. The third kappa shape index (κ3) is 4.42. The number of amides is 1. The number of aromatic nitrogens is 1. The van der Waals surface area contributed by atoms with E-state index in [1.807, 2.05) is 12.1 Å². The third-order valence-electron chi connectivity index (χ3n) is 5.02. The second-order valence-corrected chi connectivity index (χ2v) is 7.48. The second-order valence-electron chi connectivity index (χ2n) is 6.72. The highest BCUT2D eigenvalue weighted by atomic mass is 35.5. The molecule has 0 N–H and O–H groups in total. The van der Waals surface area contributed by atoms with Crippen LogP contribution in [0, 0.1) is 11.3 Å². The summed E-state index contributed by atoms with van der Waals surface area (Å²) in [6, 6.07) is 5.60. The summed E-state index contributed by atoms with van der Waals surface area (Å²) in [6.07, 6.45) is 3.93. The first-order chi connectivity index (χ1) is 14.0. The smallest absolute Gasteiger partial charge is 0.222 e. The van der Waals surface area contributed by atoms with Gasteiger partial charge in [0.25, 0.3) is 0 Å². The van der Waals surface area contributed by atoms with E-state index in [0.717, 1.165) is 16.8 Å². The number of halogens is 2. The summed E-state index contributed by atoms with van der Waals surface area (Å²) in [7, 11) is 3.03. The van der Waals surface area contributed by atoms with Crippen molar-refractivity contribution in [1.82, 2.24) is 9.88 Å². The van der Waals surface area contributed by atoms with Crippen LogP contribution in [-0.4, -0.2) is 36.6 Å². The van der Waals surface area contributed by atoms with Gasteiger partial charge < -0.3 is 14.4 Å². The second kappa shape index (κ2) is 9.34. The summed E-state index contributed by atoms with van der Waals surface area (Å²) in [5.41, 5.74) is 3.11. The number of nitriles is 1. The summed E-state index contributed by atoms with van der Waals surface area (Å²) in [5, 5.41) is 9.74. The molecule has 0 unspecified atom stereocenters. The largest absolute Gasteiger partial charge is 0.491 e. The van der Waals surface area contributed by atoms with Crippen LogP contribution >= 0.6 is 23.2 Å². The van der Waals surface area contributed by atoms with E-state index in [9.17, 15) is 4.79 Å². The minimum atomic E-state index is 0.0614. The maximum Gasteiger partial charge on any atom is 0.222 e. The number of carbonyl (C=O) groups is 1. The quantitative estimate of drug-likeness (QED) is 0.682. The molecule has 6 nitrogen and oxygen atoms in total. The Bertz CT molecular complexity index is 955. The van der Waals surface area contributed by atoms with Gasteiger partial charge in [0.05, 0.1) is 29.8 Å². The summed E-state index contributed by atoms with van der Waals surface area (Å²) in [6.45, 7) is 0.967. The molecule has 0 radical (unpaired) electrons. The highest BCUT2D eigenvalue weighted by Crippen LogP contribution is 2.47. The molecule has 0 fully saturated rings. The zero-order chi connectivity index (χ0) is 21.0. The van der Waals surface area contributed by atoms with Gasteiger partial charge in [0.2, 0.25) is 5.91 Å². The van der Waals surface area contributed by atoms with Gasteiger partial charge in [-0.25, -0.2) is 0 Å². The van der Waals surface area contributed by atoms with Crippen LogP contribution in [0.2, 0.25) is 10.0 Å². The zero-order valence-electron chi connectivity index (χ0n) is 16.3. The van der Waals surface area contributed by atoms with Crippen LogP contribution in [0.25, 0.3) is 0 Å². The standard InChI is InChI=1S/C21H21Cl2N3O3/c1-28-20-18(22)15-8-9-26(12-16(15)19(23)21(20)29-2)17(27)5-3-4-14-7-6-13(10-24)11-25-14/h6-7,11H,3-5,8-9,12H2,1-2H3. The summed E-state index contributed by atoms with van der Waals surface area (Å²) >= 11 is 13.0. The average Bonchev–Trinajstić information content (AvgIpc) is 2.76. The average molecular weight is 434 g/mol. The van der Waals surface area contributed by atoms with Crippen LogP contribution < -0.4 is 9.47 Å². The maximum absolute atomic E-state index is 12.7. The van der Waals surface area contributed by atoms with Crippen LogP contribution in [0.15, 0.2) is 18.3 Å². The summed E-state index contributed by atoms with van der Waals surface area (Å²) in [4.78, 5) is 18.7. The van der Waals surface area contributed by atoms with E-state index in [2.05, 4.69) is 4.98 Å². The first-order valence-corrected chi connectivity index (χ1v) is 9.99. The fraction of sp³-hybridized carbons (Fsp3) is 0.381. The van der Waals surface area contributed by atoms with Crippen LogP contribution in [-0.2, 0) is 24.2 Å². The first kappa shape index (κ1) is 21.2. The normalized spacial score (nSPS) is 12.9. The SMILES string of the molecule is COc1c(Cl)c2c(c(Cl)c1OC)CN(C(=O)CCCc1ccc(C#N)cn1)CC2. The Hall–Kier alpha value is -2.49. The van der Waals surface area contributed by atoms with Gasteiger partial charge in [-0.3, -0.25) is 9.78 Å². The monoisotopic (exact) mass is 433 g/mol. The molecule has 0 atom stereocenters. The molecule has 1 aromatic heterocycles. The summed E-state index contributed by atoms with van der Waals surface area (Å²) < 4.78 is 10.7. The molecule has 0 bridgehead atoms. The van der Waals surface area contributed by atoms with E-state index < -0.39 is 0 Å². The van der Waals surface area contributed by atoms with Gasteiger partial charge >= 0.3 is 0 Å². The van der Waals surface area contributed by atoms with Gasteiger partial charge in [-0.1, -0.05) is 23.2 Å². The van der Waals surface area contributed by atoms with Crippen molar-refractivity contribution in [2.45, 2.75) is 32.2 Å². The molecule has 2 heterocycles. The Labute approximate surface area is 179 Å². The zero-order valence-corrected chi connectivity index (χ0v) is 17.8. The van der Waals surface area contributed by atoms with Crippen molar-refractivity contribution < 1.29 is 14.3 Å². The molecule has 0 saturated carbocycles. The predicted molar refractivity (Wildman–Crippen MR) is 111 cm³/mol. The van der Waals surface area contributed by atoms with E-state index in [4.69, 9.17) is 37.9 Å². The number of benzene rings is 1. The molecule has 1 aromatic carbocycles. The van der Waals surface area contributed by atoms with Gasteiger partial charge in [-0.2, -0.15) is 5.26 Å². The molecular formula is C21H21Cl2N3O3. The fourth-order valence-corrected chi connectivity index (χ4v) is 4.18. The van der Waals surface area contributed by atoms with Crippen LogP contribution in [0.4, 0.5) is 0 Å². The topological polar surface area (TPSA) is 75.5 Å². The van der Waals surface area contributed by atoms with Crippen molar-refractivity contribution in [2.75, 3.05) is 20.8 Å². The Morgan fingerprint density at radius 2 is 1.90 bits per heavy atom. The molecule has 152 valence electrons. The van der Waals surface area contributed by atoms with Gasteiger partial charge in [0.15, 0.2) is 11.5 Å². The molecule has 0 saturated heterocycles. The molecular weight excluding hydrogens is 413 g/mol. The number of ether oxygens (including phenoxy) is 2. The van der Waals surface area contributed by atoms with Crippen LogP contribution in [0.3, 0.4) is 0 Å². The van der Waals surface area contributed by atoms with Crippen molar-refractivity contribution in [2.24, 2.45) is 0 Å². The van der Waals surface area contributed by atoms with E-state index in [1.54, 1.807) is 17.2 Å². The molecule has 29 heavy (non-hydrogen) atoms. The summed E-state index contributed by atoms with van der Waals surface area (Å²) in [5.74, 6) is 0.873. The lowest BCUT2D eigenvalue weighted by Crippen LogP contribution is -2.36. The molecule has 1 amide bonds. The van der Waals surface area contributed by atoms with E-state index in [1.165, 1.54) is 14.2 Å². The molecule has 0 spiro atoms. The van der Waals surface area contributed by atoms with E-state index in [-0.39, 0.29) is 5.91 Å². The predicted octanol–water partition coefficient (Wildman–Crippen LogP) is 4.18. The highest BCUT2D eigenvalue weighted by Gasteiger charge is 2.29. The number of methoxy groups -OCH3 is 2. The number of rotatable bonds is 6. The number of pyridine rings is 1. The number of hydrogen-bond donors (Lipinski definition) is 0. The first-order valence-electron chi connectivity index (χ1n) is 9.23. The van der Waals surface area contributed by atoms with E-state index in [0.29, 0.717) is 65.9 Å². The Kier molecular flexibility index (Phi) is 6.83.